The molecule has 0 unspecified atom stereocenters. The van der Waals surface area contributed by atoms with E-state index in [0.717, 1.165) is 18.4 Å². The van der Waals surface area contributed by atoms with Gasteiger partial charge < -0.3 is 9.63 Å². The summed E-state index contributed by atoms with van der Waals surface area (Å²) in [6.45, 7) is 0. The summed E-state index contributed by atoms with van der Waals surface area (Å²) in [5.41, 5.74) is 1.11. The number of aromatic nitrogens is 3. The fourth-order valence-electron chi connectivity index (χ4n) is 1.98. The van der Waals surface area contributed by atoms with E-state index in [2.05, 4.69) is 15.1 Å². The SMILES string of the molecule is OC1CC(c2nc(Cc3ccncc3)no2)C1. The van der Waals surface area contributed by atoms with Crippen molar-refractivity contribution in [1.29, 1.82) is 0 Å². The van der Waals surface area contributed by atoms with Crippen LogP contribution in [0, 0.1) is 0 Å². The number of nitrogens with zero attached hydrogens (tertiary/aromatic N) is 3. The minimum absolute atomic E-state index is 0.199. The third kappa shape index (κ3) is 2.19. The van der Waals surface area contributed by atoms with Gasteiger partial charge in [-0.05, 0) is 30.5 Å². The molecule has 0 amide bonds. The smallest absolute Gasteiger partial charge is 0.229 e. The van der Waals surface area contributed by atoms with Gasteiger partial charge in [0.15, 0.2) is 5.82 Å². The molecule has 1 aliphatic carbocycles. The highest BCUT2D eigenvalue weighted by atomic mass is 16.5. The number of hydrogen-bond acceptors (Lipinski definition) is 5. The normalized spacial score (nSPS) is 23.4. The van der Waals surface area contributed by atoms with E-state index in [0.29, 0.717) is 18.1 Å². The van der Waals surface area contributed by atoms with Gasteiger partial charge in [0.1, 0.15) is 0 Å². The molecule has 0 radical (unpaired) electrons. The maximum atomic E-state index is 9.22. The molecule has 1 saturated carbocycles. The first-order chi connectivity index (χ1) is 8.31. The van der Waals surface area contributed by atoms with E-state index in [1.165, 1.54) is 0 Å². The highest BCUT2D eigenvalue weighted by Gasteiger charge is 2.32. The summed E-state index contributed by atoms with van der Waals surface area (Å²) in [6, 6.07) is 3.87. The molecule has 2 heterocycles. The Morgan fingerprint density at radius 2 is 2.06 bits per heavy atom. The second-order valence-electron chi connectivity index (χ2n) is 4.40. The molecule has 0 aliphatic heterocycles. The van der Waals surface area contributed by atoms with Gasteiger partial charge >= 0.3 is 0 Å². The van der Waals surface area contributed by atoms with Gasteiger partial charge in [0.05, 0.1) is 6.10 Å². The number of pyridine rings is 1. The number of hydrogen-bond donors (Lipinski definition) is 1. The van der Waals surface area contributed by atoms with Gasteiger partial charge in [-0.2, -0.15) is 4.98 Å². The van der Waals surface area contributed by atoms with Crippen molar-refractivity contribution in [3.8, 4) is 0 Å². The molecule has 2 aromatic rings. The standard InChI is InChI=1S/C12H13N3O2/c16-10-6-9(7-10)12-14-11(15-17-12)5-8-1-3-13-4-2-8/h1-4,9-10,16H,5-7H2. The van der Waals surface area contributed by atoms with Gasteiger partial charge in [0.25, 0.3) is 0 Å². The average molecular weight is 231 g/mol. The summed E-state index contributed by atoms with van der Waals surface area (Å²) >= 11 is 0. The summed E-state index contributed by atoms with van der Waals surface area (Å²) in [6.07, 6.45) is 5.42. The summed E-state index contributed by atoms with van der Waals surface area (Å²) < 4.78 is 5.20. The van der Waals surface area contributed by atoms with Crippen LogP contribution in [0.2, 0.25) is 0 Å². The van der Waals surface area contributed by atoms with Crippen molar-refractivity contribution in [2.24, 2.45) is 0 Å². The summed E-state index contributed by atoms with van der Waals surface area (Å²) in [5, 5.41) is 13.2. The highest BCUT2D eigenvalue weighted by molar-refractivity contribution is 5.15. The average Bonchev–Trinajstić information content (AvgIpc) is 2.74. The zero-order valence-corrected chi connectivity index (χ0v) is 9.28. The van der Waals surface area contributed by atoms with Gasteiger partial charge in [-0.1, -0.05) is 5.16 Å². The maximum absolute atomic E-state index is 9.22. The molecular formula is C12H13N3O2. The molecule has 1 aliphatic rings. The van der Waals surface area contributed by atoms with E-state index in [4.69, 9.17) is 4.52 Å². The van der Waals surface area contributed by atoms with Crippen molar-refractivity contribution in [3.05, 3.63) is 41.8 Å². The fraction of sp³-hybridized carbons (Fsp3) is 0.417. The van der Waals surface area contributed by atoms with E-state index in [9.17, 15) is 5.11 Å². The molecule has 5 heteroatoms. The third-order valence-electron chi connectivity index (χ3n) is 3.06. The van der Waals surface area contributed by atoms with E-state index < -0.39 is 0 Å². The van der Waals surface area contributed by atoms with Crippen LogP contribution in [0.3, 0.4) is 0 Å². The zero-order valence-electron chi connectivity index (χ0n) is 9.28. The maximum Gasteiger partial charge on any atom is 0.229 e. The number of rotatable bonds is 3. The van der Waals surface area contributed by atoms with Crippen molar-refractivity contribution in [1.82, 2.24) is 15.1 Å². The summed E-state index contributed by atoms with van der Waals surface area (Å²) in [5.74, 6) is 1.58. The Morgan fingerprint density at radius 1 is 1.29 bits per heavy atom. The monoisotopic (exact) mass is 231 g/mol. The van der Waals surface area contributed by atoms with Crippen molar-refractivity contribution >= 4 is 0 Å². The lowest BCUT2D eigenvalue weighted by Gasteiger charge is -2.27. The molecule has 0 spiro atoms. The molecule has 0 bridgehead atoms. The third-order valence-corrected chi connectivity index (χ3v) is 3.06. The molecule has 0 aromatic carbocycles. The molecular weight excluding hydrogens is 218 g/mol. The number of aliphatic hydroxyl groups excluding tert-OH is 1. The minimum Gasteiger partial charge on any atom is -0.393 e. The second kappa shape index (κ2) is 4.25. The van der Waals surface area contributed by atoms with Crippen LogP contribution in [0.1, 0.15) is 36.0 Å². The second-order valence-corrected chi connectivity index (χ2v) is 4.40. The topological polar surface area (TPSA) is 72.0 Å². The Morgan fingerprint density at radius 3 is 2.76 bits per heavy atom. The Bertz CT molecular complexity index is 491. The van der Waals surface area contributed by atoms with Crippen LogP contribution >= 0.6 is 0 Å². The minimum atomic E-state index is -0.199. The molecule has 88 valence electrons. The van der Waals surface area contributed by atoms with Gasteiger partial charge in [-0.25, -0.2) is 0 Å². The van der Waals surface area contributed by atoms with Crippen LogP contribution in [0.25, 0.3) is 0 Å². The van der Waals surface area contributed by atoms with Crippen molar-refractivity contribution < 1.29 is 9.63 Å². The lowest BCUT2D eigenvalue weighted by Crippen LogP contribution is -2.26. The van der Waals surface area contributed by atoms with Crippen LogP contribution in [0.15, 0.2) is 29.0 Å². The van der Waals surface area contributed by atoms with E-state index in [1.54, 1.807) is 12.4 Å². The van der Waals surface area contributed by atoms with Crippen LogP contribution in [-0.2, 0) is 6.42 Å². The molecule has 1 N–H and O–H groups in total. The van der Waals surface area contributed by atoms with Gasteiger partial charge in [-0.3, -0.25) is 4.98 Å². The Labute approximate surface area is 98.5 Å². The van der Waals surface area contributed by atoms with Gasteiger partial charge in [0, 0.05) is 24.7 Å². The highest BCUT2D eigenvalue weighted by Crippen LogP contribution is 2.35. The molecule has 5 nitrogen and oxygen atoms in total. The quantitative estimate of drug-likeness (QED) is 0.861. The predicted octanol–water partition coefficient (Wildman–Crippen LogP) is 1.29. The molecule has 2 aromatic heterocycles. The van der Waals surface area contributed by atoms with Crippen molar-refractivity contribution in [2.75, 3.05) is 0 Å². The molecule has 0 saturated heterocycles. The van der Waals surface area contributed by atoms with Crippen LogP contribution < -0.4 is 0 Å². The van der Waals surface area contributed by atoms with E-state index >= 15 is 0 Å². The van der Waals surface area contributed by atoms with Crippen molar-refractivity contribution in [2.45, 2.75) is 31.3 Å². The lowest BCUT2D eigenvalue weighted by atomic mass is 9.82. The first kappa shape index (κ1) is 10.4. The molecule has 0 atom stereocenters. The van der Waals surface area contributed by atoms with Crippen LogP contribution in [0.4, 0.5) is 0 Å². The van der Waals surface area contributed by atoms with E-state index in [1.807, 2.05) is 12.1 Å². The predicted molar refractivity (Wildman–Crippen MR) is 59.3 cm³/mol. The molecule has 3 rings (SSSR count). The van der Waals surface area contributed by atoms with Crippen molar-refractivity contribution in [3.63, 3.8) is 0 Å². The number of aliphatic hydroxyl groups is 1. The largest absolute Gasteiger partial charge is 0.393 e. The molecule has 1 fully saturated rings. The summed E-state index contributed by atoms with van der Waals surface area (Å²) in [4.78, 5) is 8.31. The van der Waals surface area contributed by atoms with Gasteiger partial charge in [-0.15, -0.1) is 0 Å². The van der Waals surface area contributed by atoms with Crippen LogP contribution in [-0.4, -0.2) is 26.3 Å². The van der Waals surface area contributed by atoms with E-state index in [-0.39, 0.29) is 12.0 Å². The Kier molecular flexibility index (Phi) is 2.60. The zero-order chi connectivity index (χ0) is 11.7. The Balaban J connectivity index is 1.69. The van der Waals surface area contributed by atoms with Gasteiger partial charge in [0.2, 0.25) is 5.89 Å². The van der Waals surface area contributed by atoms with Crippen LogP contribution in [0.5, 0.6) is 0 Å². The first-order valence-corrected chi connectivity index (χ1v) is 5.70. The lowest BCUT2D eigenvalue weighted by molar-refractivity contribution is 0.0625. The molecule has 17 heavy (non-hydrogen) atoms. The first-order valence-electron chi connectivity index (χ1n) is 5.70. The fourth-order valence-corrected chi connectivity index (χ4v) is 1.98. The Hall–Kier alpha value is -1.75. The summed E-state index contributed by atoms with van der Waals surface area (Å²) in [7, 11) is 0.